The third-order valence-electron chi connectivity index (χ3n) is 13.0. The molecule has 0 N–H and O–H groups in total. The number of hydrogen-bond donors (Lipinski definition) is 0. The summed E-state index contributed by atoms with van der Waals surface area (Å²) < 4.78 is 7.42. The van der Waals surface area contributed by atoms with E-state index in [-0.39, 0.29) is 0 Å². The maximum atomic E-state index is 7.42. The van der Waals surface area contributed by atoms with Crippen molar-refractivity contribution in [1.29, 1.82) is 0 Å². The van der Waals surface area contributed by atoms with Crippen LogP contribution in [0.1, 0.15) is 22.3 Å². The van der Waals surface area contributed by atoms with Crippen molar-refractivity contribution in [2.24, 2.45) is 0 Å². The van der Waals surface area contributed by atoms with Crippen LogP contribution in [0.4, 0.5) is 0 Å². The maximum absolute atomic E-state index is 7.42. The molecule has 1 aliphatic carbocycles. The summed E-state index contributed by atoms with van der Waals surface area (Å²) in [5.74, 6) is 3.58. The lowest BCUT2D eigenvalue weighted by Crippen LogP contribution is -2.32. The molecule has 0 amide bonds. The van der Waals surface area contributed by atoms with Crippen LogP contribution in [-0.4, -0.2) is 19.9 Å². The number of aromatic nitrogens is 4. The molecule has 64 heavy (non-hydrogen) atoms. The van der Waals surface area contributed by atoms with Crippen LogP contribution in [0, 0.1) is 0 Å². The van der Waals surface area contributed by atoms with Gasteiger partial charge in [-0.25, -0.2) is 19.9 Å². The highest BCUT2D eigenvalue weighted by Crippen LogP contribution is 2.63. The van der Waals surface area contributed by atoms with E-state index < -0.39 is 5.41 Å². The number of benzene rings is 9. The summed E-state index contributed by atoms with van der Waals surface area (Å²) in [6, 6.07) is 76.7. The van der Waals surface area contributed by atoms with Crippen molar-refractivity contribution in [3.05, 3.63) is 241 Å². The summed E-state index contributed by atoms with van der Waals surface area (Å²) >= 11 is 0. The Morgan fingerprint density at radius 2 is 0.812 bits per heavy atom. The standard InChI is InChI=1S/C59H36N4O/c1-4-16-38(17-5-1)54-46-33-35-50-55(53(46)45-24-12-15-27-51(45)60-54)64-52-36-42(32-34-49(52)59(50)47-25-13-10-22-43(47)44-23-11-14-26-48(44)59)37-28-30-41(31-29-37)58-62-56(39-18-6-2-7-19-39)61-57(63-58)40-20-8-3-9-21-40/h1-36H. The van der Waals surface area contributed by atoms with Gasteiger partial charge in [-0.05, 0) is 45.5 Å². The van der Waals surface area contributed by atoms with Crippen LogP contribution in [0.15, 0.2) is 218 Å². The van der Waals surface area contributed by atoms with Crippen molar-refractivity contribution in [3.63, 3.8) is 0 Å². The second kappa shape index (κ2) is 14.3. The number of pyridine rings is 1. The van der Waals surface area contributed by atoms with Gasteiger partial charge in [0.2, 0.25) is 0 Å². The molecule has 0 atom stereocenters. The molecule has 3 heterocycles. The van der Waals surface area contributed by atoms with E-state index in [1.165, 1.54) is 22.3 Å². The molecule has 5 nitrogen and oxygen atoms in total. The molecule has 9 aromatic carbocycles. The predicted molar refractivity (Wildman–Crippen MR) is 257 cm³/mol. The number of hydrogen-bond acceptors (Lipinski definition) is 5. The van der Waals surface area contributed by atoms with Crippen molar-refractivity contribution in [1.82, 2.24) is 19.9 Å². The van der Waals surface area contributed by atoms with Gasteiger partial charge in [0.05, 0.1) is 16.6 Å². The Balaban J connectivity index is 1.00. The zero-order valence-corrected chi connectivity index (χ0v) is 34.5. The lowest BCUT2D eigenvalue weighted by Gasteiger charge is -2.40. The maximum Gasteiger partial charge on any atom is 0.164 e. The second-order valence-electron chi connectivity index (χ2n) is 16.5. The van der Waals surface area contributed by atoms with Crippen LogP contribution in [0.2, 0.25) is 0 Å². The predicted octanol–water partition coefficient (Wildman–Crippen LogP) is 14.4. The molecule has 0 saturated heterocycles. The third kappa shape index (κ3) is 5.44. The average Bonchev–Trinajstić information content (AvgIpc) is 3.67. The number of ether oxygens (including phenoxy) is 1. The Kier molecular flexibility index (Phi) is 8.06. The van der Waals surface area contributed by atoms with Gasteiger partial charge in [-0.3, -0.25) is 0 Å². The van der Waals surface area contributed by atoms with Gasteiger partial charge in [0.1, 0.15) is 11.5 Å². The molecule has 0 fully saturated rings. The molecule has 5 heteroatoms. The van der Waals surface area contributed by atoms with E-state index in [0.717, 1.165) is 83.4 Å². The Hall–Kier alpha value is -8.54. The third-order valence-corrected chi connectivity index (χ3v) is 13.0. The summed E-state index contributed by atoms with van der Waals surface area (Å²) in [5.41, 5.74) is 14.4. The molecule has 2 aliphatic rings. The summed E-state index contributed by atoms with van der Waals surface area (Å²) in [6.07, 6.45) is 0. The number of nitrogens with zero attached hydrogens (tertiary/aromatic N) is 4. The van der Waals surface area contributed by atoms with Gasteiger partial charge in [0, 0.05) is 49.5 Å². The van der Waals surface area contributed by atoms with Gasteiger partial charge >= 0.3 is 0 Å². The Bertz CT molecular complexity index is 3520. The molecular formula is C59H36N4O. The molecule has 0 radical (unpaired) electrons. The number of para-hydroxylation sites is 1. The smallest absolute Gasteiger partial charge is 0.164 e. The van der Waals surface area contributed by atoms with E-state index in [4.69, 9.17) is 24.7 Å². The molecule has 0 bridgehead atoms. The molecule has 13 rings (SSSR count). The van der Waals surface area contributed by atoms with Crippen molar-refractivity contribution >= 4 is 21.7 Å². The van der Waals surface area contributed by atoms with E-state index >= 15 is 0 Å². The second-order valence-corrected chi connectivity index (χ2v) is 16.5. The minimum Gasteiger partial charge on any atom is -0.456 e. The topological polar surface area (TPSA) is 60.8 Å². The van der Waals surface area contributed by atoms with Crippen LogP contribution >= 0.6 is 0 Å². The summed E-state index contributed by atoms with van der Waals surface area (Å²) in [6.45, 7) is 0. The molecule has 2 aromatic heterocycles. The first-order valence-corrected chi connectivity index (χ1v) is 21.6. The van der Waals surface area contributed by atoms with Crippen LogP contribution < -0.4 is 4.74 Å². The largest absolute Gasteiger partial charge is 0.456 e. The zero-order chi connectivity index (χ0) is 42.2. The molecule has 11 aromatic rings. The Labute approximate surface area is 370 Å². The molecule has 298 valence electrons. The molecule has 0 saturated carbocycles. The number of fused-ring (bicyclic) bond motifs is 13. The van der Waals surface area contributed by atoms with E-state index in [0.29, 0.717) is 17.5 Å². The van der Waals surface area contributed by atoms with Gasteiger partial charge in [0.15, 0.2) is 17.5 Å². The van der Waals surface area contributed by atoms with Crippen molar-refractivity contribution in [2.45, 2.75) is 5.41 Å². The van der Waals surface area contributed by atoms with Gasteiger partial charge in [-0.15, -0.1) is 0 Å². The van der Waals surface area contributed by atoms with Crippen molar-refractivity contribution in [3.8, 4) is 79.2 Å². The monoisotopic (exact) mass is 816 g/mol. The fraction of sp³-hybridized carbons (Fsp3) is 0.0169. The lowest BCUT2D eigenvalue weighted by molar-refractivity contribution is 0.442. The number of rotatable bonds is 5. The fourth-order valence-corrected chi connectivity index (χ4v) is 10.1. The fourth-order valence-electron chi connectivity index (χ4n) is 10.1. The van der Waals surface area contributed by atoms with E-state index in [1.807, 2.05) is 60.7 Å². The van der Waals surface area contributed by atoms with Crippen LogP contribution in [-0.2, 0) is 5.41 Å². The highest BCUT2D eigenvalue weighted by molar-refractivity contribution is 6.15. The van der Waals surface area contributed by atoms with Crippen molar-refractivity contribution < 1.29 is 4.74 Å². The first kappa shape index (κ1) is 36.1. The van der Waals surface area contributed by atoms with Gasteiger partial charge < -0.3 is 4.74 Å². The summed E-state index contributed by atoms with van der Waals surface area (Å²) in [5, 5.41) is 3.17. The van der Waals surface area contributed by atoms with Crippen LogP contribution in [0.25, 0.3) is 89.4 Å². The first-order valence-electron chi connectivity index (χ1n) is 21.6. The molecule has 0 unspecified atom stereocenters. The quantitative estimate of drug-likeness (QED) is 0.162. The van der Waals surface area contributed by atoms with Crippen LogP contribution in [0.3, 0.4) is 0 Å². The van der Waals surface area contributed by atoms with Gasteiger partial charge in [-0.2, -0.15) is 0 Å². The average molecular weight is 817 g/mol. The molecular weight excluding hydrogens is 781 g/mol. The molecule has 1 spiro atoms. The van der Waals surface area contributed by atoms with Crippen molar-refractivity contribution in [2.75, 3.05) is 0 Å². The highest BCUT2D eigenvalue weighted by atomic mass is 16.5. The lowest BCUT2D eigenvalue weighted by atomic mass is 9.65. The van der Waals surface area contributed by atoms with Crippen LogP contribution in [0.5, 0.6) is 11.5 Å². The minimum absolute atomic E-state index is 0.619. The molecule has 1 aliphatic heterocycles. The van der Waals surface area contributed by atoms with E-state index in [9.17, 15) is 0 Å². The highest BCUT2D eigenvalue weighted by Gasteiger charge is 2.51. The summed E-state index contributed by atoms with van der Waals surface area (Å²) in [4.78, 5) is 20.1. The van der Waals surface area contributed by atoms with E-state index in [1.54, 1.807) is 0 Å². The van der Waals surface area contributed by atoms with Gasteiger partial charge in [-0.1, -0.05) is 206 Å². The normalized spacial score (nSPS) is 12.9. The minimum atomic E-state index is -0.629. The summed E-state index contributed by atoms with van der Waals surface area (Å²) in [7, 11) is 0. The Morgan fingerprint density at radius 3 is 1.44 bits per heavy atom. The zero-order valence-electron chi connectivity index (χ0n) is 34.5. The van der Waals surface area contributed by atoms with Gasteiger partial charge in [0.25, 0.3) is 0 Å². The first-order chi connectivity index (χ1) is 31.7. The van der Waals surface area contributed by atoms with E-state index in [2.05, 4.69) is 158 Å². The SMILES string of the molecule is c1ccc(-c2nc(-c3ccccc3)nc(-c3ccc(-c4ccc5c(c4)Oc4c(ccc6c(-c7ccccc7)nc7ccccc7c46)C54c5ccccc5-c5ccccc54)cc3)n2)cc1. The Morgan fingerprint density at radius 1 is 0.328 bits per heavy atom.